The molecule has 0 saturated carbocycles. The van der Waals surface area contributed by atoms with Crippen LogP contribution in [0.1, 0.15) is 30.0 Å². The van der Waals surface area contributed by atoms with Crippen LogP contribution in [0.25, 0.3) is 0 Å². The van der Waals surface area contributed by atoms with E-state index in [1.165, 1.54) is 16.7 Å². The van der Waals surface area contributed by atoms with E-state index in [4.69, 9.17) is 4.74 Å². The maximum atomic E-state index is 10.3. The number of hydrogen-bond donors (Lipinski definition) is 1. The molecule has 1 N–H and O–H groups in total. The van der Waals surface area contributed by atoms with Gasteiger partial charge in [-0.25, -0.2) is 0 Å². The standard InChI is InChI=1S/C21H27NO2/c1-2-5-17-8-10-21(11-9-17)24-16-20(23)15-22-13-12-18-6-3-4-7-19(18)14-22/h3-4,6-11,20,23H,2,5,12-16H2,1H3/t20-/m0/s1. The first-order valence-electron chi connectivity index (χ1n) is 8.93. The molecule has 0 aliphatic carbocycles. The Bertz CT molecular complexity index is 639. The van der Waals surface area contributed by atoms with Crippen molar-refractivity contribution in [3.63, 3.8) is 0 Å². The molecule has 128 valence electrons. The third kappa shape index (κ3) is 4.59. The van der Waals surface area contributed by atoms with Crippen LogP contribution in [0.5, 0.6) is 5.75 Å². The molecule has 0 amide bonds. The zero-order valence-electron chi connectivity index (χ0n) is 14.4. The Hall–Kier alpha value is -1.84. The lowest BCUT2D eigenvalue weighted by molar-refractivity contribution is 0.0638. The van der Waals surface area contributed by atoms with Crippen LogP contribution in [0, 0.1) is 0 Å². The summed E-state index contributed by atoms with van der Waals surface area (Å²) < 4.78 is 5.74. The van der Waals surface area contributed by atoms with E-state index < -0.39 is 6.10 Å². The van der Waals surface area contributed by atoms with E-state index in [0.717, 1.165) is 38.1 Å². The molecule has 1 aliphatic heterocycles. The topological polar surface area (TPSA) is 32.7 Å². The lowest BCUT2D eigenvalue weighted by Gasteiger charge is -2.30. The summed E-state index contributed by atoms with van der Waals surface area (Å²) in [4.78, 5) is 2.31. The average Bonchev–Trinajstić information content (AvgIpc) is 2.61. The first-order valence-corrected chi connectivity index (χ1v) is 8.93. The van der Waals surface area contributed by atoms with Crippen molar-refractivity contribution in [2.45, 2.75) is 38.8 Å². The second-order valence-corrected chi connectivity index (χ2v) is 6.61. The number of nitrogens with zero attached hydrogens (tertiary/aromatic N) is 1. The maximum Gasteiger partial charge on any atom is 0.119 e. The van der Waals surface area contributed by atoms with Crippen molar-refractivity contribution >= 4 is 0 Å². The number of β-amino-alcohol motifs (C(OH)–C–C–N with tert-alkyl or cyclic N) is 1. The molecule has 0 unspecified atom stereocenters. The summed E-state index contributed by atoms with van der Waals surface area (Å²) in [6.07, 6.45) is 2.84. The van der Waals surface area contributed by atoms with Crippen LogP contribution in [0.2, 0.25) is 0 Å². The van der Waals surface area contributed by atoms with E-state index >= 15 is 0 Å². The van der Waals surface area contributed by atoms with Crippen molar-refractivity contribution in [1.82, 2.24) is 4.90 Å². The highest BCUT2D eigenvalue weighted by Gasteiger charge is 2.18. The van der Waals surface area contributed by atoms with Gasteiger partial charge >= 0.3 is 0 Å². The minimum Gasteiger partial charge on any atom is -0.491 e. The number of aliphatic hydroxyl groups is 1. The van der Waals surface area contributed by atoms with E-state index in [2.05, 4.69) is 48.2 Å². The quantitative estimate of drug-likeness (QED) is 0.846. The number of rotatable bonds is 7. The van der Waals surface area contributed by atoms with Crippen molar-refractivity contribution in [1.29, 1.82) is 0 Å². The number of ether oxygens (including phenoxy) is 1. The van der Waals surface area contributed by atoms with Crippen molar-refractivity contribution < 1.29 is 9.84 Å². The molecule has 0 bridgehead atoms. The van der Waals surface area contributed by atoms with E-state index in [0.29, 0.717) is 13.2 Å². The Kier molecular flexibility index (Phi) is 5.89. The van der Waals surface area contributed by atoms with Gasteiger partial charge in [0, 0.05) is 19.6 Å². The van der Waals surface area contributed by atoms with Gasteiger partial charge in [-0.15, -0.1) is 0 Å². The fourth-order valence-corrected chi connectivity index (χ4v) is 3.29. The first-order chi connectivity index (χ1) is 11.7. The molecular formula is C21H27NO2. The van der Waals surface area contributed by atoms with Crippen LogP contribution in [0.15, 0.2) is 48.5 Å². The minimum absolute atomic E-state index is 0.339. The second kappa shape index (κ2) is 8.32. The molecule has 2 aromatic carbocycles. The van der Waals surface area contributed by atoms with E-state index in [1.807, 2.05) is 12.1 Å². The number of aryl methyl sites for hydroxylation is 1. The van der Waals surface area contributed by atoms with Gasteiger partial charge in [0.2, 0.25) is 0 Å². The molecule has 3 rings (SSSR count). The lowest BCUT2D eigenvalue weighted by atomic mass is 10.00. The Morgan fingerprint density at radius 1 is 1.08 bits per heavy atom. The average molecular weight is 325 g/mol. The third-order valence-electron chi connectivity index (χ3n) is 4.58. The summed E-state index contributed by atoms with van der Waals surface area (Å²) in [6, 6.07) is 16.8. The molecule has 1 heterocycles. The van der Waals surface area contributed by atoms with Gasteiger partial charge in [0.15, 0.2) is 0 Å². The fraction of sp³-hybridized carbons (Fsp3) is 0.429. The maximum absolute atomic E-state index is 10.3. The van der Waals surface area contributed by atoms with Crippen LogP contribution in [0.4, 0.5) is 0 Å². The predicted molar refractivity (Wildman–Crippen MR) is 97.4 cm³/mol. The summed E-state index contributed by atoms with van der Waals surface area (Å²) in [6.45, 7) is 5.09. The normalized spacial score (nSPS) is 15.8. The molecule has 3 nitrogen and oxygen atoms in total. The molecular weight excluding hydrogens is 298 g/mol. The monoisotopic (exact) mass is 325 g/mol. The predicted octanol–water partition coefficient (Wildman–Crippen LogP) is 3.44. The van der Waals surface area contributed by atoms with Crippen LogP contribution in [-0.4, -0.2) is 35.8 Å². The van der Waals surface area contributed by atoms with Gasteiger partial charge in [0.1, 0.15) is 18.5 Å². The minimum atomic E-state index is -0.467. The Balaban J connectivity index is 1.45. The van der Waals surface area contributed by atoms with E-state index in [-0.39, 0.29) is 0 Å². The largest absolute Gasteiger partial charge is 0.491 e. The summed E-state index contributed by atoms with van der Waals surface area (Å²) in [5.41, 5.74) is 4.15. The highest BCUT2D eigenvalue weighted by atomic mass is 16.5. The van der Waals surface area contributed by atoms with Gasteiger partial charge in [0.25, 0.3) is 0 Å². The molecule has 1 atom stereocenters. The molecule has 0 radical (unpaired) electrons. The molecule has 2 aromatic rings. The van der Waals surface area contributed by atoms with Gasteiger partial charge in [-0.1, -0.05) is 49.7 Å². The van der Waals surface area contributed by atoms with Crippen LogP contribution in [-0.2, 0) is 19.4 Å². The van der Waals surface area contributed by atoms with Gasteiger partial charge < -0.3 is 9.84 Å². The van der Waals surface area contributed by atoms with Crippen molar-refractivity contribution in [2.24, 2.45) is 0 Å². The molecule has 0 aromatic heterocycles. The summed E-state index contributed by atoms with van der Waals surface area (Å²) in [5, 5.41) is 10.3. The lowest BCUT2D eigenvalue weighted by Crippen LogP contribution is -2.38. The highest BCUT2D eigenvalue weighted by Crippen LogP contribution is 2.19. The summed E-state index contributed by atoms with van der Waals surface area (Å²) in [7, 11) is 0. The van der Waals surface area contributed by atoms with Gasteiger partial charge in [0.05, 0.1) is 0 Å². The smallest absolute Gasteiger partial charge is 0.119 e. The van der Waals surface area contributed by atoms with Crippen LogP contribution >= 0.6 is 0 Å². The number of aliphatic hydroxyl groups excluding tert-OH is 1. The number of benzene rings is 2. The first kappa shape index (κ1) is 17.0. The van der Waals surface area contributed by atoms with Gasteiger partial charge in [-0.05, 0) is 41.7 Å². The van der Waals surface area contributed by atoms with Crippen LogP contribution in [0.3, 0.4) is 0 Å². The summed E-state index contributed by atoms with van der Waals surface area (Å²) >= 11 is 0. The molecule has 0 spiro atoms. The van der Waals surface area contributed by atoms with E-state index in [9.17, 15) is 5.11 Å². The molecule has 0 saturated heterocycles. The fourth-order valence-electron chi connectivity index (χ4n) is 3.29. The number of fused-ring (bicyclic) bond motifs is 1. The zero-order chi connectivity index (χ0) is 16.8. The molecule has 3 heteroatoms. The molecule has 24 heavy (non-hydrogen) atoms. The Morgan fingerprint density at radius 2 is 1.83 bits per heavy atom. The van der Waals surface area contributed by atoms with Crippen molar-refractivity contribution in [3.8, 4) is 5.75 Å². The van der Waals surface area contributed by atoms with Gasteiger partial charge in [-0.3, -0.25) is 4.90 Å². The second-order valence-electron chi connectivity index (χ2n) is 6.61. The zero-order valence-corrected chi connectivity index (χ0v) is 14.4. The van der Waals surface area contributed by atoms with Gasteiger partial charge in [-0.2, -0.15) is 0 Å². The Labute approximate surface area is 144 Å². The third-order valence-corrected chi connectivity index (χ3v) is 4.58. The SMILES string of the molecule is CCCc1ccc(OC[C@@H](O)CN2CCc3ccccc3C2)cc1. The number of hydrogen-bond acceptors (Lipinski definition) is 3. The highest BCUT2D eigenvalue weighted by molar-refractivity contribution is 5.29. The summed E-state index contributed by atoms with van der Waals surface area (Å²) in [5.74, 6) is 0.831. The van der Waals surface area contributed by atoms with Crippen LogP contribution < -0.4 is 4.74 Å². The van der Waals surface area contributed by atoms with Crippen molar-refractivity contribution in [2.75, 3.05) is 19.7 Å². The van der Waals surface area contributed by atoms with E-state index in [1.54, 1.807) is 0 Å². The van der Waals surface area contributed by atoms with Crippen molar-refractivity contribution in [3.05, 3.63) is 65.2 Å². The Morgan fingerprint density at radius 3 is 2.58 bits per heavy atom. The molecule has 1 aliphatic rings. The molecule has 0 fully saturated rings.